The second kappa shape index (κ2) is 12.2. The summed E-state index contributed by atoms with van der Waals surface area (Å²) in [5, 5.41) is 14.0. The van der Waals surface area contributed by atoms with Crippen molar-refractivity contribution in [2.24, 2.45) is 4.99 Å². The van der Waals surface area contributed by atoms with E-state index in [2.05, 4.69) is 25.9 Å². The number of carbonyl (C=O) groups is 1. The fourth-order valence-electron chi connectivity index (χ4n) is 2.05. The summed E-state index contributed by atoms with van der Waals surface area (Å²) in [4.78, 5) is 17.9. The Morgan fingerprint density at radius 2 is 2.00 bits per heavy atom. The molecule has 26 heavy (non-hydrogen) atoms. The van der Waals surface area contributed by atoms with Crippen LogP contribution in [0.3, 0.4) is 0 Å². The number of carbonyl (C=O) groups excluding carboxylic acids is 1. The van der Waals surface area contributed by atoms with E-state index < -0.39 is 0 Å². The van der Waals surface area contributed by atoms with E-state index in [9.17, 15) is 4.79 Å². The maximum Gasteiger partial charge on any atom is 0.241 e. The number of hydrogen-bond donors (Lipinski definition) is 2. The molecule has 0 saturated heterocycles. The lowest BCUT2D eigenvalue weighted by atomic mass is 10.2. The molecule has 0 unspecified atom stereocenters. The number of aliphatic imine (C=N–C) groups is 1. The van der Waals surface area contributed by atoms with Crippen LogP contribution in [0.5, 0.6) is 0 Å². The number of hydrogen-bond acceptors (Lipinski definition) is 4. The third kappa shape index (κ3) is 8.28. The molecule has 1 heterocycles. The first-order valence-electron chi connectivity index (χ1n) is 8.25. The predicted octanol–water partition coefficient (Wildman–Crippen LogP) is 1.11. The number of halogens is 1. The molecule has 2 N–H and O–H groups in total. The molecule has 0 aliphatic rings. The molecule has 9 heteroatoms. The van der Waals surface area contributed by atoms with Gasteiger partial charge in [-0.25, -0.2) is 4.99 Å². The van der Waals surface area contributed by atoms with Crippen LogP contribution in [0.15, 0.2) is 47.7 Å². The van der Waals surface area contributed by atoms with Crippen LogP contribution in [-0.2, 0) is 17.9 Å². The maximum absolute atomic E-state index is 11.8. The fraction of sp³-hybridized carbons (Fsp3) is 0.412. The summed E-state index contributed by atoms with van der Waals surface area (Å²) in [5.74, 6) is 0.620. The summed E-state index contributed by atoms with van der Waals surface area (Å²) in [6.45, 7) is 2.25. The molecule has 0 saturated carbocycles. The average Bonchev–Trinajstić information content (AvgIpc) is 3.14. The molecule has 8 nitrogen and oxygen atoms in total. The highest BCUT2D eigenvalue weighted by atomic mass is 127. The molecule has 0 spiro atoms. The Labute approximate surface area is 171 Å². The van der Waals surface area contributed by atoms with Gasteiger partial charge in [-0.05, 0) is 12.0 Å². The number of nitrogens with zero attached hydrogens (tertiary/aromatic N) is 5. The lowest BCUT2D eigenvalue weighted by molar-refractivity contribution is -0.127. The molecular formula is C17H26IN7O. The van der Waals surface area contributed by atoms with Gasteiger partial charge in [-0.15, -0.1) is 29.1 Å². The SMILES string of the molecule is CN(C)C(=O)CNC(=NCc1ccccc1)NCCCn1ccnn1.I. The Kier molecular flexibility index (Phi) is 10.3. The van der Waals surface area contributed by atoms with E-state index in [4.69, 9.17) is 0 Å². The maximum atomic E-state index is 11.8. The minimum atomic E-state index is -0.00294. The smallest absolute Gasteiger partial charge is 0.241 e. The van der Waals surface area contributed by atoms with E-state index in [0.29, 0.717) is 12.5 Å². The highest BCUT2D eigenvalue weighted by Gasteiger charge is 2.05. The molecule has 0 radical (unpaired) electrons. The van der Waals surface area contributed by atoms with Crippen molar-refractivity contribution in [3.8, 4) is 0 Å². The minimum Gasteiger partial charge on any atom is -0.356 e. The Bertz CT molecular complexity index is 659. The zero-order chi connectivity index (χ0) is 17.9. The van der Waals surface area contributed by atoms with Gasteiger partial charge in [-0.1, -0.05) is 35.5 Å². The van der Waals surface area contributed by atoms with Gasteiger partial charge in [0.15, 0.2) is 5.96 Å². The summed E-state index contributed by atoms with van der Waals surface area (Å²) in [5.41, 5.74) is 1.12. The molecule has 0 bridgehead atoms. The number of nitrogens with one attached hydrogen (secondary N) is 2. The molecule has 1 aromatic heterocycles. The number of benzene rings is 1. The number of likely N-dealkylation sites (N-methyl/N-ethyl adjacent to an activating group) is 1. The molecule has 2 aromatic rings. The van der Waals surface area contributed by atoms with Crippen molar-refractivity contribution >= 4 is 35.8 Å². The van der Waals surface area contributed by atoms with Crippen LogP contribution >= 0.6 is 24.0 Å². The van der Waals surface area contributed by atoms with Crippen molar-refractivity contribution < 1.29 is 4.79 Å². The molecule has 0 atom stereocenters. The molecule has 0 aliphatic heterocycles. The predicted molar refractivity (Wildman–Crippen MR) is 112 cm³/mol. The topological polar surface area (TPSA) is 87.4 Å². The summed E-state index contributed by atoms with van der Waals surface area (Å²) in [6.07, 6.45) is 4.37. The van der Waals surface area contributed by atoms with E-state index in [1.165, 1.54) is 0 Å². The molecule has 0 fully saturated rings. The van der Waals surface area contributed by atoms with Gasteiger partial charge in [0.05, 0.1) is 19.3 Å². The highest BCUT2D eigenvalue weighted by Crippen LogP contribution is 1.99. The second-order valence-electron chi connectivity index (χ2n) is 5.74. The molecule has 2 rings (SSSR count). The van der Waals surface area contributed by atoms with Gasteiger partial charge in [0.1, 0.15) is 0 Å². The lowest BCUT2D eigenvalue weighted by Gasteiger charge is -2.15. The van der Waals surface area contributed by atoms with Crippen LogP contribution in [-0.4, -0.2) is 58.9 Å². The monoisotopic (exact) mass is 471 g/mol. The normalized spacial score (nSPS) is 10.8. The van der Waals surface area contributed by atoms with Crippen molar-refractivity contribution in [3.63, 3.8) is 0 Å². The fourth-order valence-corrected chi connectivity index (χ4v) is 2.05. The van der Waals surface area contributed by atoms with Crippen LogP contribution in [0.4, 0.5) is 0 Å². The van der Waals surface area contributed by atoms with Gasteiger partial charge >= 0.3 is 0 Å². The van der Waals surface area contributed by atoms with E-state index in [0.717, 1.165) is 25.1 Å². The van der Waals surface area contributed by atoms with Crippen LogP contribution in [0.1, 0.15) is 12.0 Å². The number of guanidine groups is 1. The third-order valence-corrected chi connectivity index (χ3v) is 3.50. The Morgan fingerprint density at radius 1 is 1.23 bits per heavy atom. The standard InChI is InChI=1S/C17H25N7O.HI/c1-23(2)16(25)14-20-17(19-13-15-7-4-3-5-8-15)18-9-6-11-24-12-10-21-22-24;/h3-5,7-8,10,12H,6,9,11,13-14H2,1-2H3,(H2,18,19,20);1H. The van der Waals surface area contributed by atoms with Crippen molar-refractivity contribution in [2.75, 3.05) is 27.2 Å². The third-order valence-electron chi connectivity index (χ3n) is 3.50. The van der Waals surface area contributed by atoms with Gasteiger partial charge < -0.3 is 15.5 Å². The molecule has 142 valence electrons. The summed E-state index contributed by atoms with van der Waals surface area (Å²) >= 11 is 0. The molecular weight excluding hydrogens is 445 g/mol. The largest absolute Gasteiger partial charge is 0.356 e. The molecule has 1 aromatic carbocycles. The molecule has 0 aliphatic carbocycles. The van der Waals surface area contributed by atoms with Crippen molar-refractivity contribution in [2.45, 2.75) is 19.5 Å². The second-order valence-corrected chi connectivity index (χ2v) is 5.74. The van der Waals surface area contributed by atoms with E-state index in [-0.39, 0.29) is 36.4 Å². The van der Waals surface area contributed by atoms with Gasteiger partial charge in [0.2, 0.25) is 5.91 Å². The summed E-state index contributed by atoms with van der Waals surface area (Å²) < 4.78 is 1.78. The number of aromatic nitrogens is 3. The number of amides is 1. The first-order chi connectivity index (χ1) is 12.1. The zero-order valence-corrected chi connectivity index (χ0v) is 17.5. The van der Waals surface area contributed by atoms with Crippen LogP contribution in [0.2, 0.25) is 0 Å². The van der Waals surface area contributed by atoms with Crippen LogP contribution in [0.25, 0.3) is 0 Å². The van der Waals surface area contributed by atoms with Gasteiger partial charge in [0, 0.05) is 33.4 Å². The quantitative estimate of drug-likeness (QED) is 0.261. The van der Waals surface area contributed by atoms with E-state index in [1.54, 1.807) is 29.9 Å². The highest BCUT2D eigenvalue weighted by molar-refractivity contribution is 14.0. The van der Waals surface area contributed by atoms with Gasteiger partial charge in [0.25, 0.3) is 0 Å². The first kappa shape index (κ1) is 21.9. The minimum absolute atomic E-state index is 0. The van der Waals surface area contributed by atoms with Crippen LogP contribution in [0, 0.1) is 0 Å². The number of rotatable bonds is 8. The summed E-state index contributed by atoms with van der Waals surface area (Å²) in [6, 6.07) is 10.00. The van der Waals surface area contributed by atoms with Gasteiger partial charge in [-0.2, -0.15) is 0 Å². The lowest BCUT2D eigenvalue weighted by Crippen LogP contribution is -2.43. The Balaban J connectivity index is 0.00000338. The Hall–Kier alpha value is -2.17. The summed E-state index contributed by atoms with van der Waals surface area (Å²) in [7, 11) is 3.46. The van der Waals surface area contributed by atoms with E-state index >= 15 is 0 Å². The number of aryl methyl sites for hydroxylation is 1. The van der Waals surface area contributed by atoms with Crippen molar-refractivity contribution in [1.82, 2.24) is 30.5 Å². The first-order valence-corrected chi connectivity index (χ1v) is 8.25. The van der Waals surface area contributed by atoms with Crippen molar-refractivity contribution in [3.05, 3.63) is 48.3 Å². The van der Waals surface area contributed by atoms with Crippen molar-refractivity contribution in [1.29, 1.82) is 0 Å². The average molecular weight is 471 g/mol. The van der Waals surface area contributed by atoms with Gasteiger partial charge in [-0.3, -0.25) is 9.48 Å². The zero-order valence-electron chi connectivity index (χ0n) is 15.1. The van der Waals surface area contributed by atoms with E-state index in [1.807, 2.05) is 36.5 Å². The Morgan fingerprint density at radius 3 is 2.65 bits per heavy atom. The van der Waals surface area contributed by atoms with Crippen LogP contribution < -0.4 is 10.6 Å². The molecule has 1 amide bonds.